The number of rotatable bonds is 3. The van der Waals surface area contributed by atoms with Crippen molar-refractivity contribution < 1.29 is 4.74 Å². The summed E-state index contributed by atoms with van der Waals surface area (Å²) in [5.41, 5.74) is 5.79. The SMILES string of the molecule is C=CCO[C@@H]1CCC[C@@H](N)C1. The van der Waals surface area contributed by atoms with Gasteiger partial charge in [-0.3, -0.25) is 0 Å². The Morgan fingerprint density at radius 3 is 3.00 bits per heavy atom. The summed E-state index contributed by atoms with van der Waals surface area (Å²) in [4.78, 5) is 0. The fourth-order valence-corrected chi connectivity index (χ4v) is 1.54. The van der Waals surface area contributed by atoms with Crippen LogP contribution in [0.25, 0.3) is 0 Å². The Labute approximate surface area is 68.4 Å². The van der Waals surface area contributed by atoms with E-state index in [2.05, 4.69) is 6.58 Å². The fourth-order valence-electron chi connectivity index (χ4n) is 1.54. The van der Waals surface area contributed by atoms with E-state index >= 15 is 0 Å². The first kappa shape index (κ1) is 8.75. The third kappa shape index (κ3) is 3.04. The van der Waals surface area contributed by atoms with E-state index in [4.69, 9.17) is 10.5 Å². The molecule has 1 aliphatic carbocycles. The molecule has 0 spiro atoms. The van der Waals surface area contributed by atoms with Crippen LogP contribution in [0.1, 0.15) is 25.7 Å². The Kier molecular flexibility index (Phi) is 3.60. The van der Waals surface area contributed by atoms with Gasteiger partial charge in [0.25, 0.3) is 0 Å². The van der Waals surface area contributed by atoms with Gasteiger partial charge in [0.05, 0.1) is 12.7 Å². The minimum absolute atomic E-state index is 0.360. The van der Waals surface area contributed by atoms with Gasteiger partial charge in [-0.25, -0.2) is 0 Å². The highest BCUT2D eigenvalue weighted by molar-refractivity contribution is 4.76. The fraction of sp³-hybridized carbons (Fsp3) is 0.778. The minimum atomic E-state index is 0.360. The second-order valence-corrected chi connectivity index (χ2v) is 3.17. The van der Waals surface area contributed by atoms with E-state index in [9.17, 15) is 0 Å². The summed E-state index contributed by atoms with van der Waals surface area (Å²) in [6, 6.07) is 0.360. The topological polar surface area (TPSA) is 35.2 Å². The number of hydrogen-bond donors (Lipinski definition) is 1. The lowest BCUT2D eigenvalue weighted by atomic mass is 9.94. The molecule has 0 bridgehead atoms. The lowest BCUT2D eigenvalue weighted by Crippen LogP contribution is -2.32. The lowest BCUT2D eigenvalue weighted by molar-refractivity contribution is 0.0411. The zero-order valence-corrected chi connectivity index (χ0v) is 6.96. The smallest absolute Gasteiger partial charge is 0.0648 e. The molecule has 64 valence electrons. The molecule has 0 radical (unpaired) electrons. The molecule has 0 aromatic rings. The van der Waals surface area contributed by atoms with Crippen LogP contribution >= 0.6 is 0 Å². The van der Waals surface area contributed by atoms with E-state index in [0.29, 0.717) is 18.8 Å². The Balaban J connectivity index is 2.17. The molecule has 1 fully saturated rings. The molecule has 0 saturated heterocycles. The molecule has 2 N–H and O–H groups in total. The maximum atomic E-state index is 5.79. The van der Waals surface area contributed by atoms with Gasteiger partial charge in [-0.15, -0.1) is 6.58 Å². The van der Waals surface area contributed by atoms with Gasteiger partial charge < -0.3 is 10.5 Å². The van der Waals surface area contributed by atoms with Crippen LogP contribution in [-0.2, 0) is 4.74 Å². The summed E-state index contributed by atoms with van der Waals surface area (Å²) in [6.45, 7) is 4.27. The summed E-state index contributed by atoms with van der Waals surface area (Å²) in [6.07, 6.45) is 6.74. The summed E-state index contributed by atoms with van der Waals surface area (Å²) in [7, 11) is 0. The molecule has 1 rings (SSSR count). The van der Waals surface area contributed by atoms with Crippen LogP contribution < -0.4 is 5.73 Å². The van der Waals surface area contributed by atoms with E-state index in [1.165, 1.54) is 12.8 Å². The van der Waals surface area contributed by atoms with Gasteiger partial charge in [0.2, 0.25) is 0 Å². The van der Waals surface area contributed by atoms with Crippen molar-refractivity contribution in [3.63, 3.8) is 0 Å². The van der Waals surface area contributed by atoms with Crippen molar-refractivity contribution in [3.05, 3.63) is 12.7 Å². The van der Waals surface area contributed by atoms with Crippen LogP contribution in [0.4, 0.5) is 0 Å². The molecule has 0 unspecified atom stereocenters. The highest BCUT2D eigenvalue weighted by Crippen LogP contribution is 2.19. The quantitative estimate of drug-likeness (QED) is 0.626. The van der Waals surface area contributed by atoms with Crippen molar-refractivity contribution in [2.45, 2.75) is 37.8 Å². The van der Waals surface area contributed by atoms with Crippen molar-refractivity contribution in [1.29, 1.82) is 0 Å². The zero-order valence-electron chi connectivity index (χ0n) is 6.96. The van der Waals surface area contributed by atoms with Gasteiger partial charge in [-0.2, -0.15) is 0 Å². The van der Waals surface area contributed by atoms with Crippen LogP contribution in [0.5, 0.6) is 0 Å². The van der Waals surface area contributed by atoms with E-state index in [-0.39, 0.29) is 0 Å². The van der Waals surface area contributed by atoms with Crippen molar-refractivity contribution >= 4 is 0 Å². The van der Waals surface area contributed by atoms with E-state index < -0.39 is 0 Å². The summed E-state index contributed by atoms with van der Waals surface area (Å²) in [5, 5.41) is 0. The van der Waals surface area contributed by atoms with Crippen molar-refractivity contribution in [1.82, 2.24) is 0 Å². The second-order valence-electron chi connectivity index (χ2n) is 3.17. The third-order valence-electron chi connectivity index (χ3n) is 2.12. The van der Waals surface area contributed by atoms with Gasteiger partial charge in [0.15, 0.2) is 0 Å². The molecular weight excluding hydrogens is 138 g/mol. The predicted octanol–water partition coefficient (Wildman–Crippen LogP) is 1.46. The number of hydrogen-bond acceptors (Lipinski definition) is 2. The lowest BCUT2D eigenvalue weighted by Gasteiger charge is -2.26. The maximum Gasteiger partial charge on any atom is 0.0648 e. The monoisotopic (exact) mass is 155 g/mol. The minimum Gasteiger partial charge on any atom is -0.374 e. The highest BCUT2D eigenvalue weighted by Gasteiger charge is 2.18. The first-order valence-electron chi connectivity index (χ1n) is 4.31. The average Bonchev–Trinajstić information content (AvgIpc) is 2.01. The van der Waals surface area contributed by atoms with E-state index in [1.54, 1.807) is 6.08 Å². The molecular formula is C9H17NO. The Morgan fingerprint density at radius 2 is 2.36 bits per heavy atom. The van der Waals surface area contributed by atoms with Crippen LogP contribution in [0.15, 0.2) is 12.7 Å². The predicted molar refractivity (Wildman–Crippen MR) is 46.4 cm³/mol. The molecule has 0 aromatic heterocycles. The van der Waals surface area contributed by atoms with E-state index in [1.807, 2.05) is 0 Å². The molecule has 11 heavy (non-hydrogen) atoms. The molecule has 2 atom stereocenters. The summed E-state index contributed by atoms with van der Waals surface area (Å²) < 4.78 is 5.50. The van der Waals surface area contributed by atoms with E-state index in [0.717, 1.165) is 12.8 Å². The first-order chi connectivity index (χ1) is 5.33. The second kappa shape index (κ2) is 4.52. The largest absolute Gasteiger partial charge is 0.374 e. The molecule has 0 aromatic carbocycles. The highest BCUT2D eigenvalue weighted by atomic mass is 16.5. The molecule has 0 heterocycles. The summed E-state index contributed by atoms with van der Waals surface area (Å²) >= 11 is 0. The van der Waals surface area contributed by atoms with Crippen LogP contribution in [-0.4, -0.2) is 18.8 Å². The first-order valence-corrected chi connectivity index (χ1v) is 4.31. The molecule has 2 nitrogen and oxygen atoms in total. The Bertz CT molecular complexity index is 125. The normalized spacial score (nSPS) is 31.7. The number of nitrogens with two attached hydrogens (primary N) is 1. The van der Waals surface area contributed by atoms with Crippen LogP contribution in [0.3, 0.4) is 0 Å². The van der Waals surface area contributed by atoms with Gasteiger partial charge in [0.1, 0.15) is 0 Å². The number of ether oxygens (including phenoxy) is 1. The molecule has 1 saturated carbocycles. The Morgan fingerprint density at radius 1 is 1.55 bits per heavy atom. The van der Waals surface area contributed by atoms with Gasteiger partial charge in [-0.05, 0) is 25.7 Å². The zero-order chi connectivity index (χ0) is 8.10. The van der Waals surface area contributed by atoms with Crippen LogP contribution in [0.2, 0.25) is 0 Å². The maximum absolute atomic E-state index is 5.79. The molecule has 2 heteroatoms. The Hall–Kier alpha value is -0.340. The molecule has 0 aliphatic heterocycles. The molecule has 1 aliphatic rings. The van der Waals surface area contributed by atoms with Crippen molar-refractivity contribution in [2.75, 3.05) is 6.61 Å². The standard InChI is InChI=1S/C9H17NO/c1-2-6-11-9-5-3-4-8(10)7-9/h2,8-9H,1,3-7,10H2/t8-,9-/m1/s1. The van der Waals surface area contributed by atoms with Crippen molar-refractivity contribution in [2.24, 2.45) is 5.73 Å². The molecule has 0 amide bonds. The van der Waals surface area contributed by atoms with Gasteiger partial charge in [0, 0.05) is 6.04 Å². The average molecular weight is 155 g/mol. The van der Waals surface area contributed by atoms with Gasteiger partial charge in [-0.1, -0.05) is 6.08 Å². The van der Waals surface area contributed by atoms with Crippen LogP contribution in [0, 0.1) is 0 Å². The van der Waals surface area contributed by atoms with Gasteiger partial charge >= 0.3 is 0 Å². The van der Waals surface area contributed by atoms with Crippen molar-refractivity contribution in [3.8, 4) is 0 Å². The third-order valence-corrected chi connectivity index (χ3v) is 2.12. The summed E-state index contributed by atoms with van der Waals surface area (Å²) in [5.74, 6) is 0.